The average Bonchev–Trinajstić information content (AvgIpc) is 2.78. The van der Waals surface area contributed by atoms with Crippen molar-refractivity contribution in [3.8, 4) is 11.5 Å². The number of ketones is 1. The zero-order valence-corrected chi connectivity index (χ0v) is 16.9. The summed E-state index contributed by atoms with van der Waals surface area (Å²) in [5.41, 5.74) is 0.683. The van der Waals surface area contributed by atoms with E-state index in [1.54, 1.807) is 31.4 Å². The number of hydrogen-bond donors (Lipinski definition) is 0. The Hall–Kier alpha value is -2.86. The summed E-state index contributed by atoms with van der Waals surface area (Å²) in [6, 6.07) is 16.8. The number of methoxy groups -OCH3 is 1. The van der Waals surface area contributed by atoms with Gasteiger partial charge >= 0.3 is 0 Å². The van der Waals surface area contributed by atoms with Gasteiger partial charge in [0.1, 0.15) is 11.5 Å². The van der Waals surface area contributed by atoms with Crippen LogP contribution in [0.3, 0.4) is 0 Å². The number of amides is 1. The predicted octanol–water partition coefficient (Wildman–Crippen LogP) is 2.88. The van der Waals surface area contributed by atoms with Gasteiger partial charge in [-0.25, -0.2) is 0 Å². The molecule has 1 heterocycles. The average molecular weight is 396 g/mol. The first-order valence-electron chi connectivity index (χ1n) is 10.0. The fraction of sp³-hybridized carbons (Fsp3) is 0.391. The molecule has 0 unspecified atom stereocenters. The van der Waals surface area contributed by atoms with Gasteiger partial charge in [-0.05, 0) is 42.8 Å². The normalized spacial score (nSPS) is 14.4. The van der Waals surface area contributed by atoms with Crippen molar-refractivity contribution in [3.05, 3.63) is 60.2 Å². The number of nitrogens with zero attached hydrogens (tertiary/aromatic N) is 2. The van der Waals surface area contributed by atoms with E-state index in [-0.39, 0.29) is 11.7 Å². The summed E-state index contributed by atoms with van der Waals surface area (Å²) >= 11 is 0. The molecule has 0 spiro atoms. The molecule has 0 aliphatic carbocycles. The van der Waals surface area contributed by atoms with Crippen molar-refractivity contribution in [1.82, 2.24) is 9.80 Å². The number of Topliss-reactive ketones (excluding diaryl/α,β-unsaturated/α-hetero) is 1. The van der Waals surface area contributed by atoms with Crippen LogP contribution in [-0.4, -0.2) is 67.9 Å². The first kappa shape index (κ1) is 20.9. The summed E-state index contributed by atoms with van der Waals surface area (Å²) in [6.07, 6.45) is 1.18. The van der Waals surface area contributed by atoms with E-state index >= 15 is 0 Å². The van der Waals surface area contributed by atoms with Gasteiger partial charge in [0, 0.05) is 38.2 Å². The van der Waals surface area contributed by atoms with Crippen molar-refractivity contribution in [1.29, 1.82) is 0 Å². The Morgan fingerprint density at radius 1 is 0.897 bits per heavy atom. The highest BCUT2D eigenvalue weighted by atomic mass is 16.5. The molecule has 1 saturated heterocycles. The molecular formula is C23H28N2O4. The van der Waals surface area contributed by atoms with Gasteiger partial charge < -0.3 is 14.4 Å². The lowest BCUT2D eigenvalue weighted by Crippen LogP contribution is -2.49. The quantitative estimate of drug-likeness (QED) is 0.482. The van der Waals surface area contributed by atoms with Crippen LogP contribution in [0.2, 0.25) is 0 Å². The monoisotopic (exact) mass is 396 g/mol. The lowest BCUT2D eigenvalue weighted by Gasteiger charge is -2.34. The highest BCUT2D eigenvalue weighted by Gasteiger charge is 2.22. The molecule has 2 aromatic rings. The number of benzene rings is 2. The van der Waals surface area contributed by atoms with E-state index in [9.17, 15) is 9.59 Å². The Morgan fingerprint density at radius 3 is 2.24 bits per heavy atom. The molecular weight excluding hydrogens is 368 g/mol. The van der Waals surface area contributed by atoms with Crippen molar-refractivity contribution in [2.75, 3.05) is 46.4 Å². The third-order valence-corrected chi connectivity index (χ3v) is 5.05. The van der Waals surface area contributed by atoms with Crippen LogP contribution in [0.5, 0.6) is 11.5 Å². The van der Waals surface area contributed by atoms with Crippen LogP contribution in [0, 0.1) is 0 Å². The van der Waals surface area contributed by atoms with Gasteiger partial charge in [0.15, 0.2) is 5.78 Å². The summed E-state index contributed by atoms with van der Waals surface area (Å²) in [7, 11) is 1.61. The van der Waals surface area contributed by atoms with Crippen molar-refractivity contribution in [3.63, 3.8) is 0 Å². The second kappa shape index (κ2) is 10.6. The zero-order chi connectivity index (χ0) is 20.5. The van der Waals surface area contributed by atoms with Crippen molar-refractivity contribution >= 4 is 11.7 Å². The Bertz CT molecular complexity index is 784. The lowest BCUT2D eigenvalue weighted by atomic mass is 10.1. The van der Waals surface area contributed by atoms with Crippen LogP contribution in [-0.2, 0) is 4.79 Å². The topological polar surface area (TPSA) is 59.1 Å². The van der Waals surface area contributed by atoms with E-state index in [0.717, 1.165) is 11.5 Å². The molecule has 0 aromatic heterocycles. The van der Waals surface area contributed by atoms with E-state index in [2.05, 4.69) is 4.90 Å². The van der Waals surface area contributed by atoms with E-state index < -0.39 is 0 Å². The maximum Gasteiger partial charge on any atom is 0.222 e. The largest absolute Gasteiger partial charge is 0.497 e. The maximum absolute atomic E-state index is 12.4. The fourth-order valence-electron chi connectivity index (χ4n) is 3.31. The first-order valence-corrected chi connectivity index (χ1v) is 10.0. The fourth-order valence-corrected chi connectivity index (χ4v) is 3.31. The molecule has 29 heavy (non-hydrogen) atoms. The van der Waals surface area contributed by atoms with Crippen molar-refractivity contribution < 1.29 is 19.1 Å². The van der Waals surface area contributed by atoms with E-state index in [1.165, 1.54) is 0 Å². The van der Waals surface area contributed by atoms with Crippen molar-refractivity contribution in [2.24, 2.45) is 0 Å². The van der Waals surface area contributed by atoms with Gasteiger partial charge in [0.25, 0.3) is 0 Å². The maximum atomic E-state index is 12.4. The number of para-hydroxylation sites is 1. The molecule has 1 aliphatic rings. The predicted molar refractivity (Wildman–Crippen MR) is 112 cm³/mol. The summed E-state index contributed by atoms with van der Waals surface area (Å²) in [6.45, 7) is 3.66. The molecule has 2 aromatic carbocycles. The number of hydrogen-bond acceptors (Lipinski definition) is 5. The molecule has 6 heteroatoms. The van der Waals surface area contributed by atoms with Gasteiger partial charge in [-0.2, -0.15) is 0 Å². The third-order valence-electron chi connectivity index (χ3n) is 5.05. The molecule has 6 nitrogen and oxygen atoms in total. The first-order chi connectivity index (χ1) is 14.2. The Labute approximate surface area is 172 Å². The highest BCUT2D eigenvalue weighted by Crippen LogP contribution is 2.13. The Balaban J connectivity index is 1.34. The van der Waals surface area contributed by atoms with Crippen LogP contribution in [0.1, 0.15) is 23.2 Å². The van der Waals surface area contributed by atoms with Crippen molar-refractivity contribution in [2.45, 2.75) is 12.8 Å². The molecule has 1 amide bonds. The van der Waals surface area contributed by atoms with Crippen LogP contribution < -0.4 is 9.47 Å². The van der Waals surface area contributed by atoms with Gasteiger partial charge in [-0.1, -0.05) is 18.2 Å². The molecule has 154 valence electrons. The Kier molecular flexibility index (Phi) is 7.64. The van der Waals surface area contributed by atoms with Crippen LogP contribution >= 0.6 is 0 Å². The van der Waals surface area contributed by atoms with E-state index in [4.69, 9.17) is 9.47 Å². The Morgan fingerprint density at radius 2 is 1.59 bits per heavy atom. The second-order valence-electron chi connectivity index (χ2n) is 7.07. The molecule has 0 atom stereocenters. The molecule has 1 aliphatic heterocycles. The third kappa shape index (κ3) is 6.32. The number of rotatable bonds is 9. The molecule has 1 fully saturated rings. The van der Waals surface area contributed by atoms with E-state index in [0.29, 0.717) is 57.7 Å². The second-order valence-corrected chi connectivity index (χ2v) is 7.07. The van der Waals surface area contributed by atoms with Crippen LogP contribution in [0.4, 0.5) is 0 Å². The summed E-state index contributed by atoms with van der Waals surface area (Å²) < 4.78 is 10.8. The summed E-state index contributed by atoms with van der Waals surface area (Å²) in [5, 5.41) is 0. The molecule has 0 radical (unpaired) electrons. The summed E-state index contributed by atoms with van der Waals surface area (Å²) in [5.74, 6) is 1.81. The van der Waals surface area contributed by atoms with E-state index in [1.807, 2.05) is 35.2 Å². The molecule has 0 N–H and O–H groups in total. The molecule has 3 rings (SSSR count). The number of carbonyl (C=O) groups is 2. The minimum absolute atomic E-state index is 0.0884. The SMILES string of the molecule is COc1ccc(C(=O)CN2CCN(C(=O)CCCOc3ccccc3)CC2)cc1. The minimum atomic E-state index is 0.0884. The zero-order valence-electron chi connectivity index (χ0n) is 16.9. The highest BCUT2D eigenvalue weighted by molar-refractivity contribution is 5.97. The van der Waals surface area contributed by atoms with Gasteiger partial charge in [0.05, 0.1) is 20.3 Å². The van der Waals surface area contributed by atoms with Crippen LogP contribution in [0.25, 0.3) is 0 Å². The number of carbonyl (C=O) groups excluding carboxylic acids is 2. The van der Waals surface area contributed by atoms with Gasteiger partial charge in [-0.3, -0.25) is 14.5 Å². The molecule has 0 saturated carbocycles. The summed E-state index contributed by atoms with van der Waals surface area (Å²) in [4.78, 5) is 28.8. The smallest absolute Gasteiger partial charge is 0.222 e. The lowest BCUT2D eigenvalue weighted by molar-refractivity contribution is -0.133. The van der Waals surface area contributed by atoms with Gasteiger partial charge in [-0.15, -0.1) is 0 Å². The number of ether oxygens (including phenoxy) is 2. The number of piperazine rings is 1. The van der Waals surface area contributed by atoms with Crippen LogP contribution in [0.15, 0.2) is 54.6 Å². The molecule has 0 bridgehead atoms. The van der Waals surface area contributed by atoms with Gasteiger partial charge in [0.2, 0.25) is 5.91 Å². The standard InChI is InChI=1S/C23H28N2O4/c1-28-20-11-9-19(10-12-20)22(26)18-24-13-15-25(16-14-24)23(27)8-5-17-29-21-6-3-2-4-7-21/h2-4,6-7,9-12H,5,8,13-18H2,1H3. The minimum Gasteiger partial charge on any atom is -0.497 e.